The average molecular weight is 364 g/mol. The first-order chi connectivity index (χ1) is 13.3. The van der Waals surface area contributed by atoms with Crippen molar-refractivity contribution in [1.82, 2.24) is 29.3 Å². The van der Waals surface area contributed by atoms with E-state index in [2.05, 4.69) is 42.1 Å². The molecule has 140 valence electrons. The molecule has 0 saturated heterocycles. The molecule has 3 aromatic rings. The number of H-pyrrole nitrogens is 1. The lowest BCUT2D eigenvalue weighted by Crippen LogP contribution is -2.02. The Kier molecular flexibility index (Phi) is 8.72. The molecule has 8 nitrogen and oxygen atoms in total. The van der Waals surface area contributed by atoms with Crippen molar-refractivity contribution in [3.8, 4) is 0 Å². The standard InChI is InChI=1S/C6H6N4.2C5H7N.C3H4N2/c1-3-9(5-7-1)10-4-2-8-6-10;2*1-5-3-2-4-6-5;1-2-5-3-4-1/h1-6H;3-4H,2H2,1H3;2,4H,3H2,1H3;1-3H,(H,4,5). The molecule has 27 heavy (non-hydrogen) atoms. The summed E-state index contributed by atoms with van der Waals surface area (Å²) in [6.07, 6.45) is 25.6. The van der Waals surface area contributed by atoms with E-state index < -0.39 is 0 Å². The van der Waals surface area contributed by atoms with E-state index >= 15 is 0 Å². The molecule has 3 aromatic heterocycles. The molecule has 5 rings (SSSR count). The smallest absolute Gasteiger partial charge is 0.115 e. The molecule has 0 amide bonds. The van der Waals surface area contributed by atoms with Gasteiger partial charge in [-0.2, -0.15) is 0 Å². The zero-order valence-electron chi connectivity index (χ0n) is 15.6. The maximum Gasteiger partial charge on any atom is 0.115 e. The summed E-state index contributed by atoms with van der Waals surface area (Å²) in [5.74, 6) is 0. The van der Waals surface area contributed by atoms with Gasteiger partial charge >= 0.3 is 0 Å². The van der Waals surface area contributed by atoms with Crippen molar-refractivity contribution in [3.63, 3.8) is 0 Å². The van der Waals surface area contributed by atoms with Crippen molar-refractivity contribution >= 4 is 11.9 Å². The highest BCUT2D eigenvalue weighted by Gasteiger charge is 1.88. The molecule has 1 N–H and O–H groups in total. The van der Waals surface area contributed by atoms with Crippen LogP contribution >= 0.6 is 0 Å². The highest BCUT2D eigenvalue weighted by molar-refractivity contribution is 5.85. The molecule has 0 aromatic carbocycles. The lowest BCUT2D eigenvalue weighted by Gasteiger charge is -1.98. The number of aliphatic imine (C=N–C) groups is 2. The molecule has 5 heterocycles. The van der Waals surface area contributed by atoms with Crippen LogP contribution in [0, 0.1) is 0 Å². The van der Waals surface area contributed by atoms with Crippen molar-refractivity contribution in [2.75, 3.05) is 0 Å². The minimum atomic E-state index is 1.03. The first kappa shape index (κ1) is 19.8. The Morgan fingerprint density at radius 3 is 1.93 bits per heavy atom. The number of allylic oxidation sites excluding steroid dienone is 3. The summed E-state index contributed by atoms with van der Waals surface area (Å²) < 4.78 is 3.65. The van der Waals surface area contributed by atoms with Crippen molar-refractivity contribution in [1.29, 1.82) is 0 Å². The fraction of sp³-hybridized carbons (Fsp3) is 0.211. The molecule has 0 bridgehead atoms. The average Bonchev–Trinajstić information content (AvgIpc) is 3.50. The van der Waals surface area contributed by atoms with Crippen LogP contribution in [-0.2, 0) is 0 Å². The second-order valence-electron chi connectivity index (χ2n) is 5.49. The summed E-state index contributed by atoms with van der Waals surface area (Å²) >= 11 is 0. The quantitative estimate of drug-likeness (QED) is 0.716. The predicted molar refractivity (Wildman–Crippen MR) is 108 cm³/mol. The van der Waals surface area contributed by atoms with Gasteiger partial charge < -0.3 is 4.98 Å². The Labute approximate surface area is 158 Å². The number of hydrogen-bond acceptors (Lipinski definition) is 5. The van der Waals surface area contributed by atoms with E-state index in [1.54, 1.807) is 43.8 Å². The van der Waals surface area contributed by atoms with Crippen molar-refractivity contribution in [2.45, 2.75) is 26.7 Å². The largest absolute Gasteiger partial charge is 0.351 e. The van der Waals surface area contributed by atoms with Gasteiger partial charge in [0.2, 0.25) is 0 Å². The molecule has 8 heteroatoms. The van der Waals surface area contributed by atoms with Gasteiger partial charge in [0.15, 0.2) is 0 Å². The van der Waals surface area contributed by atoms with Gasteiger partial charge in [-0.15, -0.1) is 0 Å². The van der Waals surface area contributed by atoms with Gasteiger partial charge in [0.05, 0.1) is 6.33 Å². The van der Waals surface area contributed by atoms with Crippen LogP contribution < -0.4 is 0 Å². The third-order valence-corrected chi connectivity index (χ3v) is 3.28. The fourth-order valence-electron chi connectivity index (χ4n) is 1.92. The molecule has 0 fully saturated rings. The lowest BCUT2D eigenvalue weighted by atomic mass is 10.3. The molecule has 0 aliphatic carbocycles. The SMILES string of the molecule is CC1=CCC=N1.CC1=NC=CC1.c1c[nH]cn1.c1cn(-n2ccnc2)cn1. The molecule has 2 aliphatic heterocycles. The number of rotatable bonds is 1. The molecule has 0 unspecified atom stereocenters. The molecule has 2 aliphatic rings. The summed E-state index contributed by atoms with van der Waals surface area (Å²) in [4.78, 5) is 22.1. The van der Waals surface area contributed by atoms with Crippen LogP contribution in [0.3, 0.4) is 0 Å². The Balaban J connectivity index is 0.000000135. The van der Waals surface area contributed by atoms with E-state index in [9.17, 15) is 0 Å². The molecular formula is C19H24N8. The Bertz CT molecular complexity index is 786. The molecule has 0 saturated carbocycles. The summed E-state index contributed by atoms with van der Waals surface area (Å²) in [5, 5.41) is 0. The maximum absolute atomic E-state index is 3.97. The number of nitrogens with zero attached hydrogens (tertiary/aromatic N) is 7. The van der Waals surface area contributed by atoms with Crippen LogP contribution in [0.5, 0.6) is 0 Å². The van der Waals surface area contributed by atoms with E-state index in [1.165, 1.54) is 5.71 Å². The van der Waals surface area contributed by atoms with Gasteiger partial charge in [-0.05, 0) is 13.8 Å². The highest BCUT2D eigenvalue weighted by atomic mass is 15.5. The number of nitrogens with one attached hydrogen (secondary N) is 1. The predicted octanol–water partition coefficient (Wildman–Crippen LogP) is 3.53. The van der Waals surface area contributed by atoms with Gasteiger partial charge in [0, 0.05) is 73.8 Å². The van der Waals surface area contributed by atoms with Crippen LogP contribution in [0.2, 0.25) is 0 Å². The summed E-state index contributed by atoms with van der Waals surface area (Å²) in [6.45, 7) is 4.03. The summed E-state index contributed by atoms with van der Waals surface area (Å²) in [7, 11) is 0. The molecule has 0 radical (unpaired) electrons. The third kappa shape index (κ3) is 8.39. The van der Waals surface area contributed by atoms with E-state index in [1.807, 2.05) is 48.0 Å². The minimum Gasteiger partial charge on any atom is -0.351 e. The highest BCUT2D eigenvalue weighted by Crippen LogP contribution is 2.00. The molecule has 0 atom stereocenters. The fourth-order valence-corrected chi connectivity index (χ4v) is 1.92. The first-order valence-corrected chi connectivity index (χ1v) is 8.52. The topological polar surface area (TPSA) is 89.0 Å². The third-order valence-electron chi connectivity index (χ3n) is 3.28. The van der Waals surface area contributed by atoms with Crippen LogP contribution in [-0.4, -0.2) is 41.2 Å². The van der Waals surface area contributed by atoms with Crippen molar-refractivity contribution in [2.24, 2.45) is 9.98 Å². The van der Waals surface area contributed by atoms with Crippen LogP contribution in [0.4, 0.5) is 0 Å². The minimum absolute atomic E-state index is 1.03. The van der Waals surface area contributed by atoms with Crippen LogP contribution in [0.25, 0.3) is 0 Å². The van der Waals surface area contributed by atoms with E-state index in [-0.39, 0.29) is 0 Å². The van der Waals surface area contributed by atoms with Gasteiger partial charge in [-0.1, -0.05) is 12.2 Å². The van der Waals surface area contributed by atoms with Gasteiger partial charge in [0.25, 0.3) is 0 Å². The molecular weight excluding hydrogens is 340 g/mol. The first-order valence-electron chi connectivity index (χ1n) is 8.52. The number of hydrogen-bond donors (Lipinski definition) is 1. The number of imidazole rings is 3. The lowest BCUT2D eigenvalue weighted by molar-refractivity contribution is 0.657. The Hall–Kier alpha value is -3.55. The second-order valence-corrected chi connectivity index (χ2v) is 5.49. The number of aromatic nitrogens is 6. The van der Waals surface area contributed by atoms with Gasteiger partial charge in [-0.3, -0.25) is 9.98 Å². The zero-order valence-corrected chi connectivity index (χ0v) is 15.6. The normalized spacial score (nSPS) is 13.4. The van der Waals surface area contributed by atoms with Gasteiger partial charge in [0.1, 0.15) is 12.7 Å². The van der Waals surface area contributed by atoms with E-state index in [4.69, 9.17) is 0 Å². The van der Waals surface area contributed by atoms with E-state index in [0.29, 0.717) is 0 Å². The van der Waals surface area contributed by atoms with Crippen molar-refractivity contribution in [3.05, 3.63) is 80.2 Å². The molecule has 0 spiro atoms. The summed E-state index contributed by atoms with van der Waals surface area (Å²) in [5.41, 5.74) is 2.37. The van der Waals surface area contributed by atoms with Crippen LogP contribution in [0.1, 0.15) is 26.7 Å². The van der Waals surface area contributed by atoms with Gasteiger partial charge in [-0.25, -0.2) is 24.3 Å². The maximum atomic E-state index is 3.97. The van der Waals surface area contributed by atoms with Crippen LogP contribution in [0.15, 0.2) is 90.2 Å². The Morgan fingerprint density at radius 1 is 0.963 bits per heavy atom. The Morgan fingerprint density at radius 2 is 1.70 bits per heavy atom. The van der Waals surface area contributed by atoms with Crippen molar-refractivity contribution < 1.29 is 0 Å². The number of aromatic amines is 1. The summed E-state index contributed by atoms with van der Waals surface area (Å²) in [6, 6.07) is 0. The zero-order chi connectivity index (χ0) is 19.2. The van der Waals surface area contributed by atoms with E-state index in [0.717, 1.165) is 18.5 Å². The second kappa shape index (κ2) is 11.9. The monoisotopic (exact) mass is 364 g/mol.